The van der Waals surface area contributed by atoms with E-state index in [0.717, 1.165) is 34.2 Å². The van der Waals surface area contributed by atoms with E-state index in [-0.39, 0.29) is 17.9 Å². The van der Waals surface area contributed by atoms with Crippen LogP contribution in [0.2, 0.25) is 0 Å². The number of pyridine rings is 1. The Morgan fingerprint density at radius 3 is 2.52 bits per heavy atom. The van der Waals surface area contributed by atoms with E-state index < -0.39 is 0 Å². The Hall–Kier alpha value is -3.71. The molecule has 0 amide bonds. The van der Waals surface area contributed by atoms with Gasteiger partial charge in [0, 0.05) is 17.4 Å². The largest absolute Gasteiger partial charge is 0.494 e. The van der Waals surface area contributed by atoms with Gasteiger partial charge in [-0.25, -0.2) is 4.39 Å². The SMILES string of the molecule is CCOc1ccc(-c2ccc(C3C(c4ccccn4)NC(=S)N3c3ccc(F)cc3)o2)cc1. The maximum Gasteiger partial charge on any atom is 0.174 e. The fourth-order valence-corrected chi connectivity index (χ4v) is 4.42. The highest BCUT2D eigenvalue weighted by molar-refractivity contribution is 7.80. The van der Waals surface area contributed by atoms with Crippen LogP contribution < -0.4 is 15.0 Å². The average Bonchev–Trinajstić information content (AvgIpc) is 3.46. The highest BCUT2D eigenvalue weighted by Gasteiger charge is 2.42. The van der Waals surface area contributed by atoms with E-state index in [1.807, 2.05) is 66.4 Å². The molecule has 7 heteroatoms. The highest BCUT2D eigenvalue weighted by atomic mass is 32.1. The molecular weight excluding hydrogens is 437 g/mol. The van der Waals surface area contributed by atoms with Crippen LogP contribution in [0.1, 0.15) is 30.5 Å². The number of rotatable bonds is 6. The van der Waals surface area contributed by atoms with Crippen molar-refractivity contribution in [2.24, 2.45) is 0 Å². The van der Waals surface area contributed by atoms with E-state index in [1.165, 1.54) is 12.1 Å². The number of benzene rings is 2. The molecule has 2 atom stereocenters. The van der Waals surface area contributed by atoms with E-state index in [4.69, 9.17) is 21.4 Å². The Morgan fingerprint density at radius 2 is 1.82 bits per heavy atom. The van der Waals surface area contributed by atoms with Gasteiger partial charge in [-0.3, -0.25) is 4.98 Å². The number of nitrogens with one attached hydrogen (secondary N) is 1. The highest BCUT2D eigenvalue weighted by Crippen LogP contribution is 2.43. The van der Waals surface area contributed by atoms with Gasteiger partial charge in [0.05, 0.1) is 18.3 Å². The number of hydrogen-bond acceptors (Lipinski definition) is 4. The molecule has 2 unspecified atom stereocenters. The minimum atomic E-state index is -0.301. The quantitative estimate of drug-likeness (QED) is 0.354. The molecule has 1 N–H and O–H groups in total. The first-order chi connectivity index (χ1) is 16.1. The molecule has 5 nitrogen and oxygen atoms in total. The zero-order valence-corrected chi connectivity index (χ0v) is 18.8. The maximum absolute atomic E-state index is 13.6. The average molecular weight is 460 g/mol. The summed E-state index contributed by atoms with van der Waals surface area (Å²) in [7, 11) is 0. The molecule has 0 bridgehead atoms. The van der Waals surface area contributed by atoms with Crippen molar-refractivity contribution in [1.82, 2.24) is 10.3 Å². The van der Waals surface area contributed by atoms with Gasteiger partial charge in [0.1, 0.15) is 29.1 Å². The number of anilines is 1. The number of nitrogens with zero attached hydrogens (tertiary/aromatic N) is 2. The Kier molecular flexibility index (Phi) is 5.79. The summed E-state index contributed by atoms with van der Waals surface area (Å²) < 4.78 is 25.5. The van der Waals surface area contributed by atoms with Crippen molar-refractivity contribution in [2.75, 3.05) is 11.5 Å². The van der Waals surface area contributed by atoms with Crippen LogP contribution >= 0.6 is 12.2 Å². The van der Waals surface area contributed by atoms with Gasteiger partial charge in [-0.2, -0.15) is 0 Å². The van der Waals surface area contributed by atoms with Gasteiger partial charge in [-0.1, -0.05) is 6.07 Å². The molecule has 1 aliphatic heterocycles. The lowest BCUT2D eigenvalue weighted by Crippen LogP contribution is -2.29. The molecule has 4 aromatic rings. The van der Waals surface area contributed by atoms with E-state index in [9.17, 15) is 4.39 Å². The van der Waals surface area contributed by atoms with Crippen LogP contribution in [-0.4, -0.2) is 16.7 Å². The summed E-state index contributed by atoms with van der Waals surface area (Å²) in [6.45, 7) is 2.57. The lowest BCUT2D eigenvalue weighted by Gasteiger charge is -2.26. The lowest BCUT2D eigenvalue weighted by atomic mass is 10.0. The minimum Gasteiger partial charge on any atom is -0.494 e. The molecule has 1 fully saturated rings. The number of thiocarbonyl (C=S) groups is 1. The second kappa shape index (κ2) is 9.03. The first kappa shape index (κ1) is 21.2. The third-order valence-electron chi connectivity index (χ3n) is 5.57. The first-order valence-corrected chi connectivity index (χ1v) is 11.1. The number of furan rings is 1. The molecule has 5 rings (SSSR count). The Labute approximate surface area is 196 Å². The van der Waals surface area contributed by atoms with Crippen molar-refractivity contribution in [3.05, 3.63) is 102 Å². The Bertz CT molecular complexity index is 1240. The molecule has 0 aliphatic carbocycles. The van der Waals surface area contributed by atoms with Crippen molar-refractivity contribution in [3.63, 3.8) is 0 Å². The third kappa shape index (κ3) is 4.19. The molecule has 2 aromatic heterocycles. The van der Waals surface area contributed by atoms with Gasteiger partial charge in [0.2, 0.25) is 0 Å². The lowest BCUT2D eigenvalue weighted by molar-refractivity contribution is 0.340. The summed E-state index contributed by atoms with van der Waals surface area (Å²) in [6.07, 6.45) is 1.76. The summed E-state index contributed by atoms with van der Waals surface area (Å²) >= 11 is 5.69. The summed E-state index contributed by atoms with van der Waals surface area (Å²) in [5.74, 6) is 1.98. The van der Waals surface area contributed by atoms with E-state index in [0.29, 0.717) is 11.7 Å². The summed E-state index contributed by atoms with van der Waals surface area (Å²) in [5, 5.41) is 3.91. The molecule has 2 aromatic carbocycles. The van der Waals surface area contributed by atoms with E-state index >= 15 is 0 Å². The monoisotopic (exact) mass is 459 g/mol. The zero-order valence-electron chi connectivity index (χ0n) is 17.9. The number of ether oxygens (including phenoxy) is 1. The molecule has 3 heterocycles. The second-order valence-corrected chi connectivity index (χ2v) is 8.02. The topological polar surface area (TPSA) is 50.5 Å². The van der Waals surface area contributed by atoms with E-state index in [2.05, 4.69) is 10.3 Å². The van der Waals surface area contributed by atoms with Crippen LogP contribution in [0.3, 0.4) is 0 Å². The summed E-state index contributed by atoms with van der Waals surface area (Å²) in [5.41, 5.74) is 2.56. The van der Waals surface area contributed by atoms with Gasteiger partial charge in [-0.05, 0) is 91.9 Å². The van der Waals surface area contributed by atoms with Crippen LogP contribution in [0.25, 0.3) is 11.3 Å². The summed E-state index contributed by atoms with van der Waals surface area (Å²) in [6, 6.07) is 23.2. The minimum absolute atomic E-state index is 0.233. The summed E-state index contributed by atoms with van der Waals surface area (Å²) in [4.78, 5) is 6.49. The molecule has 33 heavy (non-hydrogen) atoms. The Morgan fingerprint density at radius 1 is 1.03 bits per heavy atom. The first-order valence-electron chi connectivity index (χ1n) is 10.7. The van der Waals surface area contributed by atoms with Crippen LogP contribution in [0.4, 0.5) is 10.1 Å². The normalized spacial score (nSPS) is 17.8. The van der Waals surface area contributed by atoms with Crippen LogP contribution in [0.5, 0.6) is 5.75 Å². The molecule has 166 valence electrons. The number of halogens is 1. The second-order valence-electron chi connectivity index (χ2n) is 7.63. The van der Waals surface area contributed by atoms with Crippen LogP contribution in [0.15, 0.2) is 89.5 Å². The van der Waals surface area contributed by atoms with Crippen molar-refractivity contribution >= 4 is 23.0 Å². The van der Waals surface area contributed by atoms with Crippen molar-refractivity contribution in [2.45, 2.75) is 19.0 Å². The predicted molar refractivity (Wildman–Crippen MR) is 130 cm³/mol. The predicted octanol–water partition coefficient (Wildman–Crippen LogP) is 6.06. The maximum atomic E-state index is 13.6. The fourth-order valence-electron chi connectivity index (χ4n) is 4.07. The zero-order chi connectivity index (χ0) is 22.8. The van der Waals surface area contributed by atoms with Crippen molar-refractivity contribution in [3.8, 4) is 17.1 Å². The van der Waals surface area contributed by atoms with Gasteiger partial charge in [0.25, 0.3) is 0 Å². The van der Waals surface area contributed by atoms with Crippen molar-refractivity contribution < 1.29 is 13.5 Å². The molecule has 1 aliphatic rings. The van der Waals surface area contributed by atoms with Gasteiger partial charge >= 0.3 is 0 Å². The van der Waals surface area contributed by atoms with E-state index in [1.54, 1.807) is 18.3 Å². The number of hydrogen-bond donors (Lipinski definition) is 1. The molecule has 0 spiro atoms. The van der Waals surface area contributed by atoms with Gasteiger partial charge < -0.3 is 19.4 Å². The van der Waals surface area contributed by atoms with Gasteiger partial charge in [0.15, 0.2) is 5.11 Å². The van der Waals surface area contributed by atoms with Crippen molar-refractivity contribution in [1.29, 1.82) is 0 Å². The molecule has 0 radical (unpaired) electrons. The van der Waals surface area contributed by atoms with Crippen LogP contribution in [-0.2, 0) is 0 Å². The smallest absolute Gasteiger partial charge is 0.174 e. The number of aromatic nitrogens is 1. The third-order valence-corrected chi connectivity index (χ3v) is 5.89. The fraction of sp³-hybridized carbons (Fsp3) is 0.154. The molecule has 0 saturated carbocycles. The molecule has 1 saturated heterocycles. The standard InChI is InChI=1S/C26H22FN3O2S/c1-2-31-20-12-6-17(7-13-20)22-14-15-23(32-22)25-24(21-5-3-4-16-28-21)29-26(33)30(25)19-10-8-18(27)9-11-19/h3-16,24-25H,2H2,1H3,(H,29,33). The Balaban J connectivity index is 1.54. The molecular formula is C26H22FN3O2S. The van der Waals surface area contributed by atoms with Crippen LogP contribution in [0, 0.1) is 5.82 Å². The van der Waals surface area contributed by atoms with Gasteiger partial charge in [-0.15, -0.1) is 0 Å².